The molecule has 0 N–H and O–H groups in total. The summed E-state index contributed by atoms with van der Waals surface area (Å²) in [4.78, 5) is 0. The van der Waals surface area contributed by atoms with Crippen molar-refractivity contribution in [1.82, 2.24) is 0 Å². The molecular formula is C17H25IO2. The number of allylic oxidation sites excluding steroid dienone is 6. The first-order chi connectivity index (χ1) is 9.79. The molecule has 112 valence electrons. The van der Waals surface area contributed by atoms with E-state index in [9.17, 15) is 0 Å². The van der Waals surface area contributed by atoms with Crippen molar-refractivity contribution >= 4 is 22.6 Å². The summed E-state index contributed by atoms with van der Waals surface area (Å²) in [5.41, 5.74) is 0. The van der Waals surface area contributed by atoms with Crippen LogP contribution in [0.2, 0.25) is 0 Å². The third-order valence-corrected chi connectivity index (χ3v) is 3.35. The van der Waals surface area contributed by atoms with Gasteiger partial charge in [0.2, 0.25) is 0 Å². The van der Waals surface area contributed by atoms with Gasteiger partial charge < -0.3 is 9.47 Å². The largest absolute Gasteiger partial charge is 0.353 e. The highest BCUT2D eigenvalue weighted by atomic mass is 127. The number of ether oxygens (including phenoxy) is 2. The van der Waals surface area contributed by atoms with Gasteiger partial charge in [0.1, 0.15) is 0 Å². The van der Waals surface area contributed by atoms with Crippen LogP contribution in [-0.2, 0) is 9.47 Å². The number of rotatable bonds is 9. The highest BCUT2D eigenvalue weighted by Gasteiger charge is 2.12. The van der Waals surface area contributed by atoms with Crippen molar-refractivity contribution < 1.29 is 9.47 Å². The number of halogens is 1. The Labute approximate surface area is 136 Å². The molecule has 0 bridgehead atoms. The fourth-order valence-electron chi connectivity index (χ4n) is 1.83. The molecule has 1 aliphatic rings. The van der Waals surface area contributed by atoms with Gasteiger partial charge in [-0.2, -0.15) is 0 Å². The minimum absolute atomic E-state index is 0.0195. The van der Waals surface area contributed by atoms with Crippen LogP contribution in [0, 0.1) is 0 Å². The Bertz CT molecular complexity index is 339. The van der Waals surface area contributed by atoms with Crippen molar-refractivity contribution in [1.29, 1.82) is 0 Å². The molecule has 0 aromatic heterocycles. The van der Waals surface area contributed by atoms with E-state index in [0.717, 1.165) is 35.9 Å². The molecule has 1 aliphatic heterocycles. The van der Waals surface area contributed by atoms with Gasteiger partial charge in [0.25, 0.3) is 0 Å². The number of hydrogen-bond acceptors (Lipinski definition) is 2. The van der Waals surface area contributed by atoms with Crippen molar-refractivity contribution in [3.05, 3.63) is 46.6 Å². The van der Waals surface area contributed by atoms with E-state index in [1.54, 1.807) is 0 Å². The van der Waals surface area contributed by atoms with Crippen LogP contribution in [0.25, 0.3) is 0 Å². The summed E-state index contributed by atoms with van der Waals surface area (Å²) in [6.07, 6.45) is 19.2. The van der Waals surface area contributed by atoms with Crippen molar-refractivity contribution in [2.75, 3.05) is 13.2 Å². The Balaban J connectivity index is 1.94. The summed E-state index contributed by atoms with van der Waals surface area (Å²) < 4.78 is 12.3. The first-order valence-electron chi connectivity index (χ1n) is 7.32. The lowest BCUT2D eigenvalue weighted by atomic mass is 10.2. The molecule has 0 amide bonds. The van der Waals surface area contributed by atoms with Crippen LogP contribution in [0.3, 0.4) is 0 Å². The Morgan fingerprint density at radius 2 is 1.95 bits per heavy atom. The molecule has 0 aromatic carbocycles. The zero-order chi connectivity index (χ0) is 14.5. The first-order valence-corrected chi connectivity index (χ1v) is 8.40. The van der Waals surface area contributed by atoms with E-state index in [1.807, 2.05) is 0 Å². The van der Waals surface area contributed by atoms with E-state index in [-0.39, 0.29) is 6.29 Å². The third kappa shape index (κ3) is 10.4. The van der Waals surface area contributed by atoms with Crippen molar-refractivity contribution in [2.45, 2.75) is 44.8 Å². The summed E-state index contributed by atoms with van der Waals surface area (Å²) in [5, 5.41) is 0. The predicted molar refractivity (Wildman–Crippen MR) is 94.0 cm³/mol. The van der Waals surface area contributed by atoms with Gasteiger partial charge in [0.05, 0.1) is 6.61 Å². The molecule has 0 saturated carbocycles. The van der Waals surface area contributed by atoms with E-state index < -0.39 is 0 Å². The third-order valence-electron chi connectivity index (χ3n) is 2.91. The Hall–Kier alpha value is -0.390. The molecule has 1 rings (SSSR count). The molecule has 2 nitrogen and oxygen atoms in total. The zero-order valence-electron chi connectivity index (χ0n) is 12.1. The van der Waals surface area contributed by atoms with Crippen LogP contribution in [0.5, 0.6) is 0 Å². The van der Waals surface area contributed by atoms with Crippen LogP contribution in [0.4, 0.5) is 0 Å². The maximum absolute atomic E-state index is 5.62. The molecule has 3 heteroatoms. The number of unbranched alkanes of at least 4 members (excludes halogenated alkanes) is 1. The highest BCUT2D eigenvalue weighted by molar-refractivity contribution is 14.1. The Morgan fingerprint density at radius 3 is 2.70 bits per heavy atom. The lowest BCUT2D eigenvalue weighted by Gasteiger charge is -2.21. The summed E-state index contributed by atoms with van der Waals surface area (Å²) in [6.45, 7) is 5.35. The van der Waals surface area contributed by atoms with Crippen LogP contribution >= 0.6 is 22.6 Å². The van der Waals surface area contributed by atoms with Gasteiger partial charge in [-0.3, -0.25) is 0 Å². The lowest BCUT2D eigenvalue weighted by Crippen LogP contribution is -2.22. The predicted octanol–water partition coefficient (Wildman–Crippen LogP) is 5.32. The normalized spacial score (nSPS) is 20.4. The topological polar surface area (TPSA) is 18.5 Å². The summed E-state index contributed by atoms with van der Waals surface area (Å²) in [5.74, 6) is 0. The summed E-state index contributed by atoms with van der Waals surface area (Å²) in [6, 6.07) is 0. The van der Waals surface area contributed by atoms with Crippen LogP contribution < -0.4 is 0 Å². The standard InChI is InChI=1S/C17H25IO2/c1-16(18)12-8-6-4-2-3-5-7-10-14-19-17-13-9-11-15-20-17/h2,4,6-8,10,17H,1,3,5,9,11-15H2/b4-2-,8-6-,10-7+. The second kappa shape index (κ2) is 12.4. The van der Waals surface area contributed by atoms with Crippen LogP contribution in [0.1, 0.15) is 38.5 Å². The summed E-state index contributed by atoms with van der Waals surface area (Å²) in [7, 11) is 0. The molecule has 1 heterocycles. The Kier molecular flexibility index (Phi) is 10.9. The van der Waals surface area contributed by atoms with Crippen molar-refractivity contribution in [3.8, 4) is 0 Å². The van der Waals surface area contributed by atoms with Gasteiger partial charge in [-0.25, -0.2) is 0 Å². The van der Waals surface area contributed by atoms with Gasteiger partial charge in [0, 0.05) is 6.61 Å². The van der Waals surface area contributed by atoms with Gasteiger partial charge in [-0.1, -0.05) is 43.0 Å². The zero-order valence-corrected chi connectivity index (χ0v) is 14.3. The van der Waals surface area contributed by atoms with Gasteiger partial charge in [-0.05, 0) is 64.7 Å². The highest BCUT2D eigenvalue weighted by Crippen LogP contribution is 2.13. The molecule has 1 fully saturated rings. The van der Waals surface area contributed by atoms with Gasteiger partial charge >= 0.3 is 0 Å². The molecule has 20 heavy (non-hydrogen) atoms. The first kappa shape index (κ1) is 17.7. The van der Waals surface area contributed by atoms with E-state index in [0.29, 0.717) is 6.61 Å². The van der Waals surface area contributed by atoms with E-state index in [2.05, 4.69) is 65.6 Å². The fourth-order valence-corrected chi connectivity index (χ4v) is 2.09. The average molecular weight is 388 g/mol. The van der Waals surface area contributed by atoms with Gasteiger partial charge in [-0.15, -0.1) is 0 Å². The Morgan fingerprint density at radius 1 is 1.15 bits per heavy atom. The molecule has 1 atom stereocenters. The molecule has 1 saturated heterocycles. The van der Waals surface area contributed by atoms with Crippen LogP contribution in [-0.4, -0.2) is 19.5 Å². The minimum Gasteiger partial charge on any atom is -0.353 e. The maximum atomic E-state index is 5.62. The molecule has 0 aromatic rings. The number of hydrogen-bond donors (Lipinski definition) is 0. The van der Waals surface area contributed by atoms with E-state index in [4.69, 9.17) is 9.47 Å². The smallest absolute Gasteiger partial charge is 0.157 e. The molecule has 1 unspecified atom stereocenters. The van der Waals surface area contributed by atoms with E-state index in [1.165, 1.54) is 12.8 Å². The monoisotopic (exact) mass is 388 g/mol. The molecule has 0 aliphatic carbocycles. The SMILES string of the molecule is C=C(I)C/C=C\C=C/CC/C=C/COC1CCCCO1. The van der Waals surface area contributed by atoms with E-state index >= 15 is 0 Å². The molecular weight excluding hydrogens is 363 g/mol. The fraction of sp³-hybridized carbons (Fsp3) is 0.529. The minimum atomic E-state index is 0.0195. The molecule has 0 radical (unpaired) electrons. The average Bonchev–Trinajstić information content (AvgIpc) is 2.45. The van der Waals surface area contributed by atoms with Crippen molar-refractivity contribution in [2.24, 2.45) is 0 Å². The second-order valence-electron chi connectivity index (χ2n) is 4.76. The summed E-state index contributed by atoms with van der Waals surface area (Å²) >= 11 is 2.25. The molecule has 0 spiro atoms. The second-order valence-corrected chi connectivity index (χ2v) is 6.28. The van der Waals surface area contributed by atoms with Crippen molar-refractivity contribution in [3.63, 3.8) is 0 Å². The quantitative estimate of drug-likeness (QED) is 0.230. The van der Waals surface area contributed by atoms with Crippen LogP contribution in [0.15, 0.2) is 46.6 Å². The lowest BCUT2D eigenvalue weighted by molar-refractivity contribution is -0.155. The maximum Gasteiger partial charge on any atom is 0.157 e. The van der Waals surface area contributed by atoms with Gasteiger partial charge in [0.15, 0.2) is 6.29 Å².